The van der Waals surface area contributed by atoms with Crippen molar-refractivity contribution in [3.05, 3.63) is 29.8 Å². The van der Waals surface area contributed by atoms with Crippen LogP contribution in [0.25, 0.3) is 0 Å². The fraction of sp³-hybridized carbons (Fsp3) is 0.571. The lowest BCUT2D eigenvalue weighted by atomic mass is 10.00. The SMILES string of the molecule is CCCC1CC(Nc2cccc(F)c2F)CCO1. The number of hydrogen-bond acceptors (Lipinski definition) is 2. The van der Waals surface area contributed by atoms with E-state index in [9.17, 15) is 8.78 Å². The Hall–Kier alpha value is -1.16. The summed E-state index contributed by atoms with van der Waals surface area (Å²) >= 11 is 0. The van der Waals surface area contributed by atoms with Gasteiger partial charge in [-0.1, -0.05) is 19.4 Å². The number of hydrogen-bond donors (Lipinski definition) is 1. The summed E-state index contributed by atoms with van der Waals surface area (Å²) in [4.78, 5) is 0. The smallest absolute Gasteiger partial charge is 0.181 e. The lowest BCUT2D eigenvalue weighted by Crippen LogP contribution is -2.34. The summed E-state index contributed by atoms with van der Waals surface area (Å²) in [6.45, 7) is 2.80. The Kier molecular flexibility index (Phi) is 4.53. The van der Waals surface area contributed by atoms with E-state index in [4.69, 9.17) is 4.74 Å². The topological polar surface area (TPSA) is 21.3 Å². The molecule has 1 aliphatic rings. The molecular formula is C14H19F2NO. The quantitative estimate of drug-likeness (QED) is 0.885. The van der Waals surface area contributed by atoms with Crippen LogP contribution < -0.4 is 5.32 Å². The molecule has 2 unspecified atom stereocenters. The summed E-state index contributed by atoms with van der Waals surface area (Å²) in [5.41, 5.74) is 0.247. The van der Waals surface area contributed by atoms with Crippen LogP contribution in [0.2, 0.25) is 0 Å². The third-order valence-corrected chi connectivity index (χ3v) is 3.29. The van der Waals surface area contributed by atoms with Crippen LogP contribution in [-0.4, -0.2) is 18.8 Å². The van der Waals surface area contributed by atoms with E-state index in [2.05, 4.69) is 12.2 Å². The zero-order valence-electron chi connectivity index (χ0n) is 10.6. The number of benzene rings is 1. The molecule has 0 bridgehead atoms. The van der Waals surface area contributed by atoms with Gasteiger partial charge in [0.25, 0.3) is 0 Å². The molecule has 2 nitrogen and oxygen atoms in total. The van der Waals surface area contributed by atoms with Gasteiger partial charge in [0, 0.05) is 12.6 Å². The number of nitrogens with one attached hydrogen (secondary N) is 1. The summed E-state index contributed by atoms with van der Waals surface area (Å²) in [5, 5.41) is 3.08. The van der Waals surface area contributed by atoms with Gasteiger partial charge in [0.2, 0.25) is 0 Å². The maximum absolute atomic E-state index is 13.5. The van der Waals surface area contributed by atoms with Crippen LogP contribution in [0, 0.1) is 11.6 Å². The molecule has 0 spiro atoms. The molecule has 1 heterocycles. The monoisotopic (exact) mass is 255 g/mol. The predicted octanol–water partition coefficient (Wildman–Crippen LogP) is 3.72. The number of halogens is 2. The van der Waals surface area contributed by atoms with Gasteiger partial charge < -0.3 is 10.1 Å². The van der Waals surface area contributed by atoms with Gasteiger partial charge in [0.15, 0.2) is 11.6 Å². The van der Waals surface area contributed by atoms with Crippen molar-refractivity contribution in [2.75, 3.05) is 11.9 Å². The van der Waals surface area contributed by atoms with Gasteiger partial charge >= 0.3 is 0 Å². The molecule has 18 heavy (non-hydrogen) atoms. The van der Waals surface area contributed by atoms with Crippen molar-refractivity contribution in [1.29, 1.82) is 0 Å². The minimum absolute atomic E-state index is 0.159. The molecule has 1 fully saturated rings. The maximum atomic E-state index is 13.5. The summed E-state index contributed by atoms with van der Waals surface area (Å²) in [6, 6.07) is 4.38. The third-order valence-electron chi connectivity index (χ3n) is 3.29. The molecule has 4 heteroatoms. The Morgan fingerprint density at radius 2 is 2.22 bits per heavy atom. The normalized spacial score (nSPS) is 23.9. The molecule has 2 atom stereocenters. The maximum Gasteiger partial charge on any atom is 0.181 e. The molecule has 1 aromatic rings. The Morgan fingerprint density at radius 1 is 1.39 bits per heavy atom. The highest BCUT2D eigenvalue weighted by molar-refractivity contribution is 5.45. The summed E-state index contributed by atoms with van der Waals surface area (Å²) in [5.74, 6) is -1.60. The Balaban J connectivity index is 1.98. The Morgan fingerprint density at radius 3 is 3.00 bits per heavy atom. The standard InChI is InChI=1S/C14H19F2NO/c1-2-4-11-9-10(7-8-18-11)17-13-6-3-5-12(15)14(13)16/h3,5-6,10-11,17H,2,4,7-9H2,1H3. The van der Waals surface area contributed by atoms with E-state index in [1.54, 1.807) is 6.07 Å². The fourth-order valence-electron chi connectivity index (χ4n) is 2.37. The minimum atomic E-state index is -0.808. The van der Waals surface area contributed by atoms with E-state index in [0.29, 0.717) is 6.61 Å². The second-order valence-corrected chi connectivity index (χ2v) is 4.75. The van der Waals surface area contributed by atoms with Crippen LogP contribution in [0.5, 0.6) is 0 Å². The van der Waals surface area contributed by atoms with Gasteiger partial charge in [0.05, 0.1) is 11.8 Å². The van der Waals surface area contributed by atoms with Crippen LogP contribution in [0.3, 0.4) is 0 Å². The van der Waals surface area contributed by atoms with Crippen molar-refractivity contribution in [3.63, 3.8) is 0 Å². The van der Waals surface area contributed by atoms with Crippen molar-refractivity contribution in [2.24, 2.45) is 0 Å². The molecule has 1 saturated heterocycles. The number of ether oxygens (including phenoxy) is 1. The Bertz CT molecular complexity index is 395. The van der Waals surface area contributed by atoms with E-state index in [1.807, 2.05) is 0 Å². The highest BCUT2D eigenvalue weighted by atomic mass is 19.2. The molecule has 0 aromatic heterocycles. The second kappa shape index (κ2) is 6.14. The first-order valence-electron chi connectivity index (χ1n) is 6.53. The molecule has 1 aromatic carbocycles. The molecule has 1 aliphatic heterocycles. The first-order valence-corrected chi connectivity index (χ1v) is 6.53. The van der Waals surface area contributed by atoms with Crippen molar-refractivity contribution in [3.8, 4) is 0 Å². The summed E-state index contributed by atoms with van der Waals surface area (Å²) in [7, 11) is 0. The predicted molar refractivity (Wildman–Crippen MR) is 67.7 cm³/mol. The molecule has 0 saturated carbocycles. The van der Waals surface area contributed by atoms with E-state index < -0.39 is 11.6 Å². The van der Waals surface area contributed by atoms with Crippen LogP contribution in [-0.2, 0) is 4.74 Å². The van der Waals surface area contributed by atoms with Crippen LogP contribution in [0.15, 0.2) is 18.2 Å². The Labute approximate surface area is 106 Å². The molecule has 2 rings (SSSR count). The van der Waals surface area contributed by atoms with Gasteiger partial charge in [-0.2, -0.15) is 0 Å². The molecule has 0 aliphatic carbocycles. The zero-order chi connectivity index (χ0) is 13.0. The first kappa shape index (κ1) is 13.3. The number of rotatable bonds is 4. The lowest BCUT2D eigenvalue weighted by molar-refractivity contribution is 0.00593. The molecule has 0 amide bonds. The van der Waals surface area contributed by atoms with Gasteiger partial charge in [-0.05, 0) is 31.4 Å². The van der Waals surface area contributed by atoms with Crippen LogP contribution >= 0.6 is 0 Å². The van der Waals surface area contributed by atoms with Crippen molar-refractivity contribution >= 4 is 5.69 Å². The first-order chi connectivity index (χ1) is 8.70. The lowest BCUT2D eigenvalue weighted by Gasteiger charge is -2.30. The summed E-state index contributed by atoms with van der Waals surface area (Å²) in [6.07, 6.45) is 4.01. The average molecular weight is 255 g/mol. The third kappa shape index (κ3) is 3.19. The van der Waals surface area contributed by atoms with Crippen LogP contribution in [0.1, 0.15) is 32.6 Å². The van der Waals surface area contributed by atoms with Gasteiger partial charge in [-0.3, -0.25) is 0 Å². The van der Waals surface area contributed by atoms with E-state index >= 15 is 0 Å². The van der Waals surface area contributed by atoms with Gasteiger partial charge in [-0.15, -0.1) is 0 Å². The fourth-order valence-corrected chi connectivity index (χ4v) is 2.37. The highest BCUT2D eigenvalue weighted by Crippen LogP contribution is 2.23. The van der Waals surface area contributed by atoms with Gasteiger partial charge in [-0.25, -0.2) is 8.78 Å². The number of anilines is 1. The van der Waals surface area contributed by atoms with Crippen LogP contribution in [0.4, 0.5) is 14.5 Å². The van der Waals surface area contributed by atoms with Gasteiger partial charge in [0.1, 0.15) is 0 Å². The average Bonchev–Trinajstić information content (AvgIpc) is 2.36. The molecule has 0 radical (unpaired) electrons. The largest absolute Gasteiger partial charge is 0.380 e. The molecule has 1 N–H and O–H groups in total. The van der Waals surface area contributed by atoms with E-state index in [0.717, 1.165) is 31.7 Å². The van der Waals surface area contributed by atoms with Crippen molar-refractivity contribution < 1.29 is 13.5 Å². The zero-order valence-corrected chi connectivity index (χ0v) is 10.6. The van der Waals surface area contributed by atoms with E-state index in [-0.39, 0.29) is 17.8 Å². The second-order valence-electron chi connectivity index (χ2n) is 4.75. The van der Waals surface area contributed by atoms with E-state index in [1.165, 1.54) is 6.07 Å². The van der Waals surface area contributed by atoms with Crippen molar-refractivity contribution in [1.82, 2.24) is 0 Å². The van der Waals surface area contributed by atoms with Crippen molar-refractivity contribution in [2.45, 2.75) is 44.8 Å². The molecular weight excluding hydrogens is 236 g/mol. The molecule has 100 valence electrons. The highest BCUT2D eigenvalue weighted by Gasteiger charge is 2.22. The minimum Gasteiger partial charge on any atom is -0.380 e. The summed E-state index contributed by atoms with van der Waals surface area (Å²) < 4.78 is 32.3.